The fraction of sp³-hybridized carbons (Fsp3) is 0.294. The molecule has 1 saturated carbocycles. The van der Waals surface area contributed by atoms with Gasteiger partial charge in [-0.2, -0.15) is 5.26 Å². The number of pyridine rings is 1. The summed E-state index contributed by atoms with van der Waals surface area (Å²) in [5.74, 6) is 1.63. The number of fused-ring (bicyclic) bond motifs is 1. The fourth-order valence-electron chi connectivity index (χ4n) is 2.79. The Hall–Kier alpha value is -2.74. The molecule has 1 aliphatic heterocycles. The van der Waals surface area contributed by atoms with Crippen molar-refractivity contribution in [2.24, 2.45) is 0 Å². The van der Waals surface area contributed by atoms with Gasteiger partial charge < -0.3 is 15.2 Å². The number of ether oxygens (including phenoxy) is 2. The third kappa shape index (κ3) is 1.81. The van der Waals surface area contributed by atoms with Crippen molar-refractivity contribution in [3.8, 4) is 28.7 Å². The molecule has 1 aliphatic carbocycles. The van der Waals surface area contributed by atoms with Crippen LogP contribution in [-0.4, -0.2) is 11.8 Å². The predicted octanol–water partition coefficient (Wildman–Crippen LogP) is 2.98. The van der Waals surface area contributed by atoms with Gasteiger partial charge in [0.2, 0.25) is 6.79 Å². The van der Waals surface area contributed by atoms with Crippen molar-refractivity contribution in [1.82, 2.24) is 4.98 Å². The van der Waals surface area contributed by atoms with Gasteiger partial charge in [-0.1, -0.05) is 19.1 Å². The number of hydrogen-bond donors (Lipinski definition) is 1. The average Bonchev–Trinajstić information content (AvgIpc) is 3.09. The zero-order valence-electron chi connectivity index (χ0n) is 12.2. The highest BCUT2D eigenvalue weighted by Gasteiger charge is 2.41. The molecule has 0 unspecified atom stereocenters. The Bertz CT molecular complexity index is 819. The van der Waals surface area contributed by atoms with Gasteiger partial charge in [0.25, 0.3) is 0 Å². The molecule has 0 radical (unpaired) electrons. The van der Waals surface area contributed by atoms with Gasteiger partial charge in [0.15, 0.2) is 11.5 Å². The van der Waals surface area contributed by atoms with Crippen LogP contribution in [0.3, 0.4) is 0 Å². The normalized spacial score (nSPS) is 17.1. The van der Waals surface area contributed by atoms with Gasteiger partial charge in [0.05, 0.1) is 0 Å². The van der Waals surface area contributed by atoms with Crippen LogP contribution in [-0.2, 0) is 5.41 Å². The Labute approximate surface area is 128 Å². The predicted molar refractivity (Wildman–Crippen MR) is 81.5 cm³/mol. The van der Waals surface area contributed by atoms with Crippen molar-refractivity contribution in [3.05, 3.63) is 35.5 Å². The van der Waals surface area contributed by atoms with Crippen LogP contribution in [0.25, 0.3) is 11.1 Å². The highest BCUT2D eigenvalue weighted by Crippen LogP contribution is 2.49. The Kier molecular flexibility index (Phi) is 2.58. The van der Waals surface area contributed by atoms with E-state index in [9.17, 15) is 5.26 Å². The first kappa shape index (κ1) is 13.0. The minimum Gasteiger partial charge on any atom is -0.454 e. The number of nitriles is 1. The molecule has 2 aliphatic rings. The lowest BCUT2D eigenvalue weighted by atomic mass is 9.95. The van der Waals surface area contributed by atoms with Gasteiger partial charge in [-0.3, -0.25) is 0 Å². The number of para-hydroxylation sites is 1. The molecule has 0 spiro atoms. The Balaban J connectivity index is 1.97. The summed E-state index contributed by atoms with van der Waals surface area (Å²) < 4.78 is 11.0. The van der Waals surface area contributed by atoms with E-state index in [1.54, 1.807) is 0 Å². The number of rotatable bonds is 2. The van der Waals surface area contributed by atoms with E-state index in [1.165, 1.54) is 0 Å². The van der Waals surface area contributed by atoms with Crippen molar-refractivity contribution in [1.29, 1.82) is 5.26 Å². The van der Waals surface area contributed by atoms with Gasteiger partial charge in [0.1, 0.15) is 17.5 Å². The maximum atomic E-state index is 9.48. The quantitative estimate of drug-likeness (QED) is 0.920. The lowest BCUT2D eigenvalue weighted by molar-refractivity contribution is 0.174. The maximum absolute atomic E-state index is 9.48. The van der Waals surface area contributed by atoms with Crippen LogP contribution < -0.4 is 15.2 Å². The molecule has 2 aromatic rings. The summed E-state index contributed by atoms with van der Waals surface area (Å²) in [5, 5.41) is 9.48. The van der Waals surface area contributed by atoms with Crippen LogP contribution in [0.5, 0.6) is 11.5 Å². The van der Waals surface area contributed by atoms with Gasteiger partial charge in [-0.15, -0.1) is 0 Å². The molecule has 110 valence electrons. The molecule has 1 fully saturated rings. The zero-order valence-corrected chi connectivity index (χ0v) is 12.2. The van der Waals surface area contributed by atoms with E-state index in [0.717, 1.165) is 29.7 Å². The summed E-state index contributed by atoms with van der Waals surface area (Å²) in [4.78, 5) is 4.44. The molecule has 2 heterocycles. The second-order valence-corrected chi connectivity index (χ2v) is 6.03. The van der Waals surface area contributed by atoms with Crippen molar-refractivity contribution in [3.63, 3.8) is 0 Å². The Morgan fingerprint density at radius 2 is 2.09 bits per heavy atom. The number of anilines is 1. The van der Waals surface area contributed by atoms with E-state index in [2.05, 4.69) is 18.0 Å². The molecule has 4 rings (SSSR count). The Morgan fingerprint density at radius 3 is 2.82 bits per heavy atom. The smallest absolute Gasteiger partial charge is 0.231 e. The highest BCUT2D eigenvalue weighted by molar-refractivity contribution is 5.82. The summed E-state index contributed by atoms with van der Waals surface area (Å²) in [6, 6.07) is 9.80. The fourth-order valence-corrected chi connectivity index (χ4v) is 2.79. The molecule has 1 aromatic heterocycles. The van der Waals surface area contributed by atoms with Gasteiger partial charge in [-0.25, -0.2) is 4.98 Å². The van der Waals surface area contributed by atoms with E-state index in [4.69, 9.17) is 15.2 Å². The van der Waals surface area contributed by atoms with Crippen LogP contribution >= 0.6 is 0 Å². The van der Waals surface area contributed by atoms with Gasteiger partial charge in [0, 0.05) is 22.2 Å². The largest absolute Gasteiger partial charge is 0.454 e. The van der Waals surface area contributed by atoms with E-state index in [1.807, 2.05) is 24.3 Å². The monoisotopic (exact) mass is 293 g/mol. The minimum atomic E-state index is 0.0756. The van der Waals surface area contributed by atoms with Crippen molar-refractivity contribution >= 4 is 5.82 Å². The molecule has 1 aromatic carbocycles. The van der Waals surface area contributed by atoms with Crippen molar-refractivity contribution in [2.75, 3.05) is 12.5 Å². The third-order valence-corrected chi connectivity index (χ3v) is 4.46. The number of nitrogen functional groups attached to an aromatic ring is 1. The molecular weight excluding hydrogens is 278 g/mol. The third-order valence-electron chi connectivity index (χ3n) is 4.46. The number of nitrogens with two attached hydrogens (primary N) is 1. The lowest BCUT2D eigenvalue weighted by Gasteiger charge is -2.14. The van der Waals surface area contributed by atoms with E-state index < -0.39 is 0 Å². The summed E-state index contributed by atoms with van der Waals surface area (Å²) >= 11 is 0. The number of hydrogen-bond acceptors (Lipinski definition) is 5. The van der Waals surface area contributed by atoms with E-state index in [0.29, 0.717) is 17.1 Å². The van der Waals surface area contributed by atoms with Crippen molar-refractivity contribution < 1.29 is 9.47 Å². The molecule has 5 nitrogen and oxygen atoms in total. The topological polar surface area (TPSA) is 81.2 Å². The van der Waals surface area contributed by atoms with E-state index >= 15 is 0 Å². The van der Waals surface area contributed by atoms with Gasteiger partial charge >= 0.3 is 0 Å². The second-order valence-electron chi connectivity index (χ2n) is 6.03. The minimum absolute atomic E-state index is 0.0756. The molecule has 0 amide bonds. The SMILES string of the molecule is CC1(c2cc(-c3cccc4c3OCO4)c(C#N)c(N)n2)CC1. The van der Waals surface area contributed by atoms with Crippen LogP contribution in [0.2, 0.25) is 0 Å². The molecule has 5 heteroatoms. The van der Waals surface area contributed by atoms with Crippen LogP contribution in [0, 0.1) is 11.3 Å². The Morgan fingerprint density at radius 1 is 1.27 bits per heavy atom. The van der Waals surface area contributed by atoms with Gasteiger partial charge in [-0.05, 0) is 25.0 Å². The number of nitrogens with zero attached hydrogens (tertiary/aromatic N) is 2. The van der Waals surface area contributed by atoms with Crippen molar-refractivity contribution in [2.45, 2.75) is 25.2 Å². The van der Waals surface area contributed by atoms with Crippen LogP contribution in [0.1, 0.15) is 31.0 Å². The summed E-state index contributed by atoms with van der Waals surface area (Å²) in [7, 11) is 0. The summed E-state index contributed by atoms with van der Waals surface area (Å²) in [6.07, 6.45) is 2.19. The molecule has 0 saturated heterocycles. The lowest BCUT2D eigenvalue weighted by Crippen LogP contribution is -2.08. The molecule has 0 bridgehead atoms. The molecular formula is C17H15N3O2. The van der Waals surface area contributed by atoms with Crippen LogP contribution in [0.4, 0.5) is 5.82 Å². The average molecular weight is 293 g/mol. The first-order valence-corrected chi connectivity index (χ1v) is 7.22. The van der Waals surface area contributed by atoms with Crippen LogP contribution in [0.15, 0.2) is 24.3 Å². The number of aromatic nitrogens is 1. The number of benzene rings is 1. The second kappa shape index (κ2) is 4.38. The summed E-state index contributed by atoms with van der Waals surface area (Å²) in [5.41, 5.74) is 9.03. The molecule has 0 atom stereocenters. The van der Waals surface area contributed by atoms with E-state index in [-0.39, 0.29) is 18.0 Å². The first-order valence-electron chi connectivity index (χ1n) is 7.22. The summed E-state index contributed by atoms with van der Waals surface area (Å²) in [6.45, 7) is 2.36. The zero-order chi connectivity index (χ0) is 15.3. The molecule has 22 heavy (non-hydrogen) atoms. The maximum Gasteiger partial charge on any atom is 0.231 e. The first-order chi connectivity index (χ1) is 10.6. The highest BCUT2D eigenvalue weighted by atomic mass is 16.7. The molecule has 2 N–H and O–H groups in total. The standard InChI is InChI=1S/C17H15N3O2/c1-17(5-6-17)14-7-11(12(8-18)16(19)20-14)10-3-2-4-13-15(10)22-9-21-13/h2-4,7H,5-6,9H2,1H3,(H2,19,20).